The molecule has 0 spiro atoms. The van der Waals surface area contributed by atoms with E-state index in [1.807, 2.05) is 62.4 Å². The smallest absolute Gasteiger partial charge is 0.241 e. The van der Waals surface area contributed by atoms with E-state index in [1.165, 1.54) is 0 Å². The third-order valence-corrected chi connectivity index (χ3v) is 3.68. The van der Waals surface area contributed by atoms with E-state index < -0.39 is 6.04 Å². The predicted octanol–water partition coefficient (Wildman–Crippen LogP) is 2.59. The zero-order chi connectivity index (χ0) is 17.5. The fraction of sp³-hybridized carbons (Fsp3) is 0.316. The number of carbonyl (C=O) groups excluding carboxylic acids is 1. The Balaban J connectivity index is 1.82. The average molecular weight is 328 g/mol. The highest BCUT2D eigenvalue weighted by Gasteiger charge is 2.16. The summed E-state index contributed by atoms with van der Waals surface area (Å²) in [4.78, 5) is 12.2. The number of aryl methyl sites for hydroxylation is 1. The topological polar surface area (TPSA) is 73.6 Å². The maximum atomic E-state index is 12.2. The highest BCUT2D eigenvalue weighted by atomic mass is 16.5. The first kappa shape index (κ1) is 17.8. The molecule has 0 aromatic heterocycles. The van der Waals surface area contributed by atoms with Gasteiger partial charge in [0.1, 0.15) is 23.6 Å². The lowest BCUT2D eigenvalue weighted by molar-refractivity contribution is -0.122. The van der Waals surface area contributed by atoms with Crippen LogP contribution in [0.25, 0.3) is 0 Å². The van der Waals surface area contributed by atoms with Gasteiger partial charge in [-0.05, 0) is 43.7 Å². The van der Waals surface area contributed by atoms with Crippen LogP contribution in [-0.4, -0.2) is 25.7 Å². The summed E-state index contributed by atoms with van der Waals surface area (Å²) in [6, 6.07) is 14.3. The highest BCUT2D eigenvalue weighted by molar-refractivity contribution is 5.82. The Bertz CT molecular complexity index is 653. The van der Waals surface area contributed by atoms with Crippen molar-refractivity contribution in [3.63, 3.8) is 0 Å². The zero-order valence-electron chi connectivity index (χ0n) is 14.3. The Hall–Kier alpha value is -2.53. The maximum Gasteiger partial charge on any atom is 0.241 e. The molecule has 2 atom stereocenters. The molecule has 5 nitrogen and oxygen atoms in total. The highest BCUT2D eigenvalue weighted by Crippen LogP contribution is 2.18. The second-order valence-corrected chi connectivity index (χ2v) is 5.74. The summed E-state index contributed by atoms with van der Waals surface area (Å²) in [6.45, 7) is 4.26. The van der Waals surface area contributed by atoms with Crippen molar-refractivity contribution in [1.29, 1.82) is 0 Å². The van der Waals surface area contributed by atoms with Gasteiger partial charge in [-0.1, -0.05) is 29.8 Å². The fourth-order valence-corrected chi connectivity index (χ4v) is 2.21. The molecular formula is C19H24N2O3. The molecule has 0 saturated heterocycles. The summed E-state index contributed by atoms with van der Waals surface area (Å²) in [7, 11) is 1.62. The molecule has 5 heteroatoms. The van der Waals surface area contributed by atoms with Crippen LogP contribution in [0.1, 0.15) is 24.1 Å². The van der Waals surface area contributed by atoms with Crippen LogP contribution < -0.4 is 20.5 Å². The molecule has 0 radical (unpaired) electrons. The first-order valence-corrected chi connectivity index (χ1v) is 7.90. The lowest BCUT2D eigenvalue weighted by atomic mass is 10.1. The van der Waals surface area contributed by atoms with Gasteiger partial charge in [-0.15, -0.1) is 0 Å². The summed E-state index contributed by atoms with van der Waals surface area (Å²) < 4.78 is 10.9. The van der Waals surface area contributed by atoms with Crippen LogP contribution in [0.4, 0.5) is 0 Å². The minimum absolute atomic E-state index is 0.174. The van der Waals surface area contributed by atoms with Crippen molar-refractivity contribution in [2.45, 2.75) is 26.0 Å². The van der Waals surface area contributed by atoms with Crippen LogP contribution in [-0.2, 0) is 4.79 Å². The molecule has 0 aliphatic rings. The Labute approximate surface area is 142 Å². The Morgan fingerprint density at radius 1 is 1.08 bits per heavy atom. The normalized spacial score (nSPS) is 13.0. The van der Waals surface area contributed by atoms with Crippen molar-refractivity contribution in [2.24, 2.45) is 5.73 Å². The summed E-state index contributed by atoms with van der Waals surface area (Å²) in [5.74, 6) is 1.27. The number of benzene rings is 2. The standard InChI is InChI=1S/C19H24N2O3/c1-13-4-6-15(7-5-13)18(20)19(22)21-12-14(2)24-17-10-8-16(23-3)9-11-17/h4-11,14,18H,12,20H2,1-3H3,(H,21,22). The van der Waals surface area contributed by atoms with E-state index >= 15 is 0 Å². The molecule has 2 rings (SSSR count). The molecule has 1 amide bonds. The quantitative estimate of drug-likeness (QED) is 0.819. The summed E-state index contributed by atoms with van der Waals surface area (Å²) >= 11 is 0. The molecule has 0 saturated carbocycles. The number of rotatable bonds is 7. The minimum atomic E-state index is -0.682. The molecule has 0 bridgehead atoms. The SMILES string of the molecule is COc1ccc(OC(C)CNC(=O)C(N)c2ccc(C)cc2)cc1. The molecule has 0 aliphatic carbocycles. The molecule has 0 aliphatic heterocycles. The first-order valence-electron chi connectivity index (χ1n) is 7.90. The molecule has 24 heavy (non-hydrogen) atoms. The molecule has 3 N–H and O–H groups in total. The Morgan fingerprint density at radius 2 is 1.67 bits per heavy atom. The van der Waals surface area contributed by atoms with E-state index in [0.717, 1.165) is 22.6 Å². The number of hydrogen-bond donors (Lipinski definition) is 2. The van der Waals surface area contributed by atoms with Crippen LogP contribution in [0.3, 0.4) is 0 Å². The van der Waals surface area contributed by atoms with Gasteiger partial charge in [-0.25, -0.2) is 0 Å². The van der Waals surface area contributed by atoms with Gasteiger partial charge in [0.25, 0.3) is 0 Å². The fourth-order valence-electron chi connectivity index (χ4n) is 2.21. The lowest BCUT2D eigenvalue weighted by Crippen LogP contribution is -2.39. The number of ether oxygens (including phenoxy) is 2. The van der Waals surface area contributed by atoms with Crippen molar-refractivity contribution in [3.05, 3.63) is 59.7 Å². The average Bonchev–Trinajstić information content (AvgIpc) is 2.60. The van der Waals surface area contributed by atoms with Crippen molar-refractivity contribution in [1.82, 2.24) is 5.32 Å². The van der Waals surface area contributed by atoms with Gasteiger partial charge in [-0.2, -0.15) is 0 Å². The number of hydrogen-bond acceptors (Lipinski definition) is 4. The second kappa shape index (κ2) is 8.36. The van der Waals surface area contributed by atoms with Crippen LogP contribution in [0.15, 0.2) is 48.5 Å². The molecule has 128 valence electrons. The van der Waals surface area contributed by atoms with Gasteiger partial charge in [0.15, 0.2) is 0 Å². The molecular weight excluding hydrogens is 304 g/mol. The van der Waals surface area contributed by atoms with Gasteiger partial charge in [-0.3, -0.25) is 4.79 Å². The van der Waals surface area contributed by atoms with Gasteiger partial charge in [0.2, 0.25) is 5.91 Å². The van der Waals surface area contributed by atoms with Crippen LogP contribution >= 0.6 is 0 Å². The lowest BCUT2D eigenvalue weighted by Gasteiger charge is -2.18. The van der Waals surface area contributed by atoms with E-state index in [4.69, 9.17) is 15.2 Å². The zero-order valence-corrected chi connectivity index (χ0v) is 14.3. The minimum Gasteiger partial charge on any atom is -0.497 e. The number of carbonyl (C=O) groups is 1. The van der Waals surface area contributed by atoms with E-state index in [1.54, 1.807) is 7.11 Å². The van der Waals surface area contributed by atoms with Crippen molar-refractivity contribution >= 4 is 5.91 Å². The Morgan fingerprint density at radius 3 is 2.25 bits per heavy atom. The molecule has 0 fully saturated rings. The molecule has 2 aromatic carbocycles. The number of amides is 1. The number of methoxy groups -OCH3 is 1. The first-order chi connectivity index (χ1) is 11.5. The van der Waals surface area contributed by atoms with Crippen molar-refractivity contribution in [2.75, 3.05) is 13.7 Å². The second-order valence-electron chi connectivity index (χ2n) is 5.74. The maximum absolute atomic E-state index is 12.2. The van der Waals surface area contributed by atoms with Gasteiger partial charge in [0, 0.05) is 0 Å². The van der Waals surface area contributed by atoms with E-state index in [2.05, 4.69) is 5.32 Å². The number of nitrogens with two attached hydrogens (primary N) is 1. The van der Waals surface area contributed by atoms with Gasteiger partial charge < -0.3 is 20.5 Å². The molecule has 2 aromatic rings. The largest absolute Gasteiger partial charge is 0.497 e. The van der Waals surface area contributed by atoms with E-state index in [9.17, 15) is 4.79 Å². The van der Waals surface area contributed by atoms with E-state index in [0.29, 0.717) is 6.54 Å². The van der Waals surface area contributed by atoms with Crippen LogP contribution in [0, 0.1) is 6.92 Å². The molecule has 2 unspecified atom stereocenters. The van der Waals surface area contributed by atoms with Crippen LogP contribution in [0.5, 0.6) is 11.5 Å². The third-order valence-electron chi connectivity index (χ3n) is 3.68. The summed E-state index contributed by atoms with van der Waals surface area (Å²) in [5, 5.41) is 2.82. The third kappa shape index (κ3) is 4.99. The van der Waals surface area contributed by atoms with Crippen molar-refractivity contribution < 1.29 is 14.3 Å². The van der Waals surface area contributed by atoms with Gasteiger partial charge in [0.05, 0.1) is 13.7 Å². The van der Waals surface area contributed by atoms with E-state index in [-0.39, 0.29) is 12.0 Å². The van der Waals surface area contributed by atoms with Crippen molar-refractivity contribution in [3.8, 4) is 11.5 Å². The molecule has 0 heterocycles. The monoisotopic (exact) mass is 328 g/mol. The number of nitrogens with one attached hydrogen (secondary N) is 1. The predicted molar refractivity (Wildman–Crippen MR) is 94.2 cm³/mol. The summed E-state index contributed by atoms with van der Waals surface area (Å²) in [6.07, 6.45) is -0.174. The van der Waals surface area contributed by atoms with Crippen LogP contribution in [0.2, 0.25) is 0 Å². The summed E-state index contributed by atoms with van der Waals surface area (Å²) in [5.41, 5.74) is 7.92. The van der Waals surface area contributed by atoms with Gasteiger partial charge >= 0.3 is 0 Å². The Kier molecular flexibility index (Phi) is 6.21.